The van der Waals surface area contributed by atoms with Gasteiger partial charge in [0.2, 0.25) is 0 Å². The normalized spacial score (nSPS) is 14.1. The van der Waals surface area contributed by atoms with Crippen molar-refractivity contribution >= 4 is 11.9 Å². The van der Waals surface area contributed by atoms with E-state index in [1.54, 1.807) is 0 Å². The van der Waals surface area contributed by atoms with Gasteiger partial charge in [0.25, 0.3) is 6.29 Å². The lowest BCUT2D eigenvalue weighted by Gasteiger charge is -2.24. The number of ether oxygens (including phenoxy) is 3. The molecular formula is C36H62NO7+. The molecule has 0 aromatic carbocycles. The molecule has 2 unspecified atom stereocenters. The van der Waals surface area contributed by atoms with E-state index in [4.69, 9.17) is 14.2 Å². The number of carboxylic acid groups (broad SMARTS) is 1. The molecule has 0 aliphatic heterocycles. The summed E-state index contributed by atoms with van der Waals surface area (Å²) in [6.45, 7) is 2.44. The third-order valence-electron chi connectivity index (χ3n) is 6.52. The van der Waals surface area contributed by atoms with Crippen molar-refractivity contribution in [3.63, 3.8) is 0 Å². The van der Waals surface area contributed by atoms with Gasteiger partial charge in [-0.15, -0.1) is 0 Å². The van der Waals surface area contributed by atoms with Gasteiger partial charge in [-0.3, -0.25) is 4.79 Å². The van der Waals surface area contributed by atoms with Gasteiger partial charge in [0, 0.05) is 6.42 Å². The molecule has 8 nitrogen and oxygen atoms in total. The number of hydrogen-bond acceptors (Lipinski definition) is 6. The lowest BCUT2D eigenvalue weighted by atomic mass is 10.1. The zero-order valence-corrected chi connectivity index (χ0v) is 28.0. The summed E-state index contributed by atoms with van der Waals surface area (Å²) in [6.07, 6.45) is 33.8. The molecule has 44 heavy (non-hydrogen) atoms. The van der Waals surface area contributed by atoms with Crippen LogP contribution in [0.3, 0.4) is 0 Å². The highest BCUT2D eigenvalue weighted by Crippen LogP contribution is 2.11. The Bertz CT molecular complexity index is 855. The number of likely N-dealkylation sites (N-methyl/N-ethyl adjacent to an activating group) is 1. The van der Waals surface area contributed by atoms with E-state index in [1.807, 2.05) is 21.1 Å². The minimum absolute atomic E-state index is 0.205. The van der Waals surface area contributed by atoms with Crippen LogP contribution in [-0.2, 0) is 23.8 Å². The van der Waals surface area contributed by atoms with Crippen LogP contribution in [0.2, 0.25) is 0 Å². The summed E-state index contributed by atoms with van der Waals surface area (Å²) in [5.74, 6) is -1.63. The Morgan fingerprint density at radius 3 is 1.70 bits per heavy atom. The molecule has 2 N–H and O–H groups in total. The fourth-order valence-electron chi connectivity index (χ4n) is 3.92. The fraction of sp³-hybridized carbons (Fsp3) is 0.667. The lowest BCUT2D eigenvalue weighted by molar-refractivity contribution is -0.870. The van der Waals surface area contributed by atoms with Crippen LogP contribution in [0, 0.1) is 0 Å². The molecule has 0 heterocycles. The smallest absolute Gasteiger partial charge is 0.361 e. The zero-order valence-electron chi connectivity index (χ0n) is 28.0. The number of aliphatic hydroxyl groups excluding tert-OH is 1. The largest absolute Gasteiger partial charge is 0.477 e. The van der Waals surface area contributed by atoms with E-state index in [9.17, 15) is 19.8 Å². The van der Waals surface area contributed by atoms with Gasteiger partial charge in [-0.05, 0) is 51.4 Å². The van der Waals surface area contributed by atoms with Crippen LogP contribution < -0.4 is 0 Å². The molecule has 252 valence electrons. The van der Waals surface area contributed by atoms with Gasteiger partial charge >= 0.3 is 11.9 Å². The van der Waals surface area contributed by atoms with Crippen LogP contribution in [0.25, 0.3) is 0 Å². The van der Waals surface area contributed by atoms with Gasteiger partial charge in [0.05, 0.1) is 34.4 Å². The number of rotatable bonds is 29. The molecular weight excluding hydrogens is 558 g/mol. The number of carbonyl (C=O) groups excluding carboxylic acids is 1. The molecule has 0 rings (SSSR count). The van der Waals surface area contributed by atoms with Crippen LogP contribution in [0.1, 0.15) is 96.8 Å². The highest BCUT2D eigenvalue weighted by molar-refractivity contribution is 5.70. The van der Waals surface area contributed by atoms with Crippen molar-refractivity contribution in [3.8, 4) is 0 Å². The first kappa shape index (κ1) is 41.5. The Morgan fingerprint density at radius 1 is 0.682 bits per heavy atom. The van der Waals surface area contributed by atoms with E-state index in [1.165, 1.54) is 25.7 Å². The number of aliphatic carboxylic acids is 1. The van der Waals surface area contributed by atoms with E-state index in [2.05, 4.69) is 67.7 Å². The molecule has 0 saturated heterocycles. The van der Waals surface area contributed by atoms with E-state index < -0.39 is 18.4 Å². The molecule has 0 aliphatic carbocycles. The van der Waals surface area contributed by atoms with Crippen molar-refractivity contribution < 1.29 is 38.5 Å². The molecule has 0 aromatic heterocycles. The topological polar surface area (TPSA) is 102 Å². The van der Waals surface area contributed by atoms with Crippen LogP contribution in [0.5, 0.6) is 0 Å². The van der Waals surface area contributed by atoms with E-state index in [-0.39, 0.29) is 25.8 Å². The standard InChI is InChI=1S/C36H61NO7/c1-5-6-7-8-9-10-11-12-13-14-15-16-17-18-19-20-21-22-23-24-25-26-27-28-34(39)43-31-33(38)32-44-36(35(40)41)42-30-29-37(2,3)4/h6-7,9-10,12-13,15-16,18-19,33,36,38H,5,8,11,14,17,20-32H2,1-4H3/p+1/b7-6-,10-9-,13-12-,16-15-,19-18-. The maximum Gasteiger partial charge on any atom is 0.361 e. The van der Waals surface area contributed by atoms with Crippen LogP contribution in [0.15, 0.2) is 60.8 Å². The van der Waals surface area contributed by atoms with Gasteiger partial charge in [0.15, 0.2) is 0 Å². The third-order valence-corrected chi connectivity index (χ3v) is 6.52. The number of unbranched alkanes of at least 4 members (excludes halogenated alkanes) is 7. The number of carbonyl (C=O) groups is 2. The highest BCUT2D eigenvalue weighted by Gasteiger charge is 2.22. The molecule has 8 heteroatoms. The molecule has 0 bridgehead atoms. The number of quaternary nitrogens is 1. The molecule has 0 fully saturated rings. The molecule has 0 aromatic rings. The van der Waals surface area contributed by atoms with Gasteiger partial charge < -0.3 is 28.9 Å². The summed E-state index contributed by atoms with van der Waals surface area (Å²) in [4.78, 5) is 23.2. The lowest BCUT2D eigenvalue weighted by Crippen LogP contribution is -2.40. The summed E-state index contributed by atoms with van der Waals surface area (Å²) >= 11 is 0. The van der Waals surface area contributed by atoms with Gasteiger partial charge in [-0.2, -0.15) is 0 Å². The van der Waals surface area contributed by atoms with Gasteiger partial charge in [0.1, 0.15) is 19.3 Å². The second-order valence-corrected chi connectivity index (χ2v) is 11.9. The van der Waals surface area contributed by atoms with Crippen molar-refractivity contribution in [2.75, 3.05) is 47.5 Å². The summed E-state index contributed by atoms with van der Waals surface area (Å²) < 4.78 is 16.1. The van der Waals surface area contributed by atoms with Crippen molar-refractivity contribution in [1.29, 1.82) is 0 Å². The average molecular weight is 621 g/mol. The predicted molar refractivity (Wildman–Crippen MR) is 179 cm³/mol. The minimum Gasteiger partial charge on any atom is -0.477 e. The molecule has 0 spiro atoms. The van der Waals surface area contributed by atoms with E-state index in [0.29, 0.717) is 17.4 Å². The first-order chi connectivity index (χ1) is 21.2. The Kier molecular flexibility index (Phi) is 27.5. The zero-order chi connectivity index (χ0) is 32.7. The number of hydrogen-bond donors (Lipinski definition) is 2. The van der Waals surface area contributed by atoms with Crippen LogP contribution in [0.4, 0.5) is 0 Å². The van der Waals surface area contributed by atoms with Crippen molar-refractivity contribution in [2.24, 2.45) is 0 Å². The maximum atomic E-state index is 11.9. The minimum atomic E-state index is -1.47. The van der Waals surface area contributed by atoms with E-state index >= 15 is 0 Å². The van der Waals surface area contributed by atoms with Gasteiger partial charge in [-0.25, -0.2) is 4.79 Å². The third kappa shape index (κ3) is 30.9. The number of nitrogens with zero attached hydrogens (tertiary/aromatic N) is 1. The van der Waals surface area contributed by atoms with Crippen LogP contribution >= 0.6 is 0 Å². The highest BCUT2D eigenvalue weighted by atomic mass is 16.7. The Balaban J connectivity index is 3.64. The van der Waals surface area contributed by atoms with Crippen molar-refractivity contribution in [3.05, 3.63) is 60.8 Å². The van der Waals surface area contributed by atoms with Crippen molar-refractivity contribution in [2.45, 2.75) is 109 Å². The number of carboxylic acids is 1. The Labute approximate surface area is 267 Å². The van der Waals surface area contributed by atoms with Crippen molar-refractivity contribution in [1.82, 2.24) is 0 Å². The summed E-state index contributed by atoms with van der Waals surface area (Å²) in [5.41, 5.74) is 0. The van der Waals surface area contributed by atoms with Crippen LogP contribution in [-0.4, -0.2) is 86.5 Å². The number of allylic oxidation sites excluding steroid dienone is 10. The molecule has 2 atom stereocenters. The number of aliphatic hydroxyl groups is 1. The fourth-order valence-corrected chi connectivity index (χ4v) is 3.92. The summed E-state index contributed by atoms with van der Waals surface area (Å²) in [6, 6.07) is 0. The first-order valence-electron chi connectivity index (χ1n) is 16.5. The predicted octanol–water partition coefficient (Wildman–Crippen LogP) is 7.30. The SMILES string of the molecule is CC/C=C\C/C=C\C/C=C\C/C=C\C/C=C\CCCCCCCCCC(=O)OCC(O)COC(OCC[N+](C)(C)C)C(=O)O. The summed E-state index contributed by atoms with van der Waals surface area (Å²) in [7, 11) is 5.90. The maximum absolute atomic E-state index is 11.9. The second kappa shape index (κ2) is 29.2. The average Bonchev–Trinajstić information content (AvgIpc) is 2.97. The molecule has 0 amide bonds. The van der Waals surface area contributed by atoms with Gasteiger partial charge in [-0.1, -0.05) is 99.8 Å². The Morgan fingerprint density at radius 2 is 1.18 bits per heavy atom. The monoisotopic (exact) mass is 620 g/mol. The Hall–Kier alpha value is -2.52. The molecule has 0 radical (unpaired) electrons. The number of esters is 1. The summed E-state index contributed by atoms with van der Waals surface area (Å²) in [5, 5.41) is 19.2. The quantitative estimate of drug-likeness (QED) is 0.0297. The second-order valence-electron chi connectivity index (χ2n) is 11.9. The molecule has 0 aliphatic rings. The molecule has 0 saturated carbocycles. The first-order valence-corrected chi connectivity index (χ1v) is 16.5. The van der Waals surface area contributed by atoms with E-state index in [0.717, 1.165) is 57.8 Å².